The van der Waals surface area contributed by atoms with Gasteiger partial charge in [-0.1, -0.05) is 0 Å². The SMILES string of the molecule is CC(C)(C)c1ccc(-c2cccc3c2C=C(CC2CCCCC2)[CH]3[Zr]([CH3])([CH3])(=[SiH2])[CH]2C(CC3CCCCC3)=Cc3c(-c4ccc(C(C)(C)C)cc4)cccc32)cc1.Cl.Cl. The fourth-order valence-electron chi connectivity index (χ4n) is 11.9. The Kier molecular flexibility index (Phi) is 13.7. The van der Waals surface area contributed by atoms with Gasteiger partial charge >= 0.3 is 346 Å². The minimum atomic E-state index is -3.85. The summed E-state index contributed by atoms with van der Waals surface area (Å²) < 4.78 is 6.92. The molecule has 2 fully saturated rings. The zero-order chi connectivity index (χ0) is 39.5. The molecule has 2 unspecified atom stereocenters. The summed E-state index contributed by atoms with van der Waals surface area (Å²) in [5, 5.41) is 0. The van der Waals surface area contributed by atoms with Crippen molar-refractivity contribution in [1.82, 2.24) is 0 Å². The maximum atomic E-state index is 2.90. The average molecular weight is 911 g/mol. The van der Waals surface area contributed by atoms with E-state index in [-0.39, 0.29) is 35.6 Å². The van der Waals surface area contributed by atoms with Gasteiger partial charge < -0.3 is 0 Å². The van der Waals surface area contributed by atoms with Crippen molar-refractivity contribution in [3.05, 3.63) is 129 Å². The number of benzene rings is 4. The fraction of sp³-hybridized carbons (Fsp3) is 0.481. The molecule has 0 bridgehead atoms. The summed E-state index contributed by atoms with van der Waals surface area (Å²) in [6, 6.07) is 33.9. The van der Waals surface area contributed by atoms with Crippen LogP contribution in [0.15, 0.2) is 96.1 Å². The van der Waals surface area contributed by atoms with Crippen LogP contribution in [0.5, 0.6) is 0 Å². The van der Waals surface area contributed by atoms with Crippen LogP contribution >= 0.6 is 24.8 Å². The monoisotopic (exact) mass is 908 g/mol. The number of rotatable bonds is 8. The van der Waals surface area contributed by atoms with Crippen LogP contribution in [-0.2, 0) is 28.2 Å². The third-order valence-electron chi connectivity index (χ3n) is 14.8. The molecular formula is C54H72Cl2SiZr. The number of hydrogen-bond acceptors (Lipinski definition) is 0. The van der Waals surface area contributed by atoms with E-state index in [1.807, 2.05) is 0 Å². The zero-order valence-corrected chi connectivity index (χ0v) is 42.6. The summed E-state index contributed by atoms with van der Waals surface area (Å²) in [4.78, 5) is 0. The second-order valence-electron chi connectivity index (χ2n) is 21.9. The van der Waals surface area contributed by atoms with Gasteiger partial charge in [-0.05, 0) is 0 Å². The first kappa shape index (κ1) is 45.6. The van der Waals surface area contributed by atoms with Gasteiger partial charge in [0.25, 0.3) is 0 Å². The third-order valence-corrected chi connectivity index (χ3v) is 32.3. The van der Waals surface area contributed by atoms with Crippen molar-refractivity contribution in [2.75, 3.05) is 0 Å². The van der Waals surface area contributed by atoms with Crippen LogP contribution in [-0.4, -0.2) is 6.88 Å². The van der Waals surface area contributed by atoms with E-state index in [1.54, 1.807) is 22.3 Å². The van der Waals surface area contributed by atoms with Crippen molar-refractivity contribution < 1.29 is 17.4 Å². The molecule has 58 heavy (non-hydrogen) atoms. The number of allylic oxidation sites excluding steroid dienone is 2. The predicted octanol–water partition coefficient (Wildman–Crippen LogP) is 16.3. The summed E-state index contributed by atoms with van der Waals surface area (Å²) in [5.74, 6) is 1.65. The Balaban J connectivity index is 0.00000283. The first-order valence-corrected chi connectivity index (χ1v) is 36.2. The maximum Gasteiger partial charge on any atom is -0.147 e. The Morgan fingerprint density at radius 3 is 1.17 bits per heavy atom. The molecular weight excluding hydrogens is 839 g/mol. The first-order chi connectivity index (χ1) is 26.6. The van der Waals surface area contributed by atoms with Crippen molar-refractivity contribution in [1.29, 1.82) is 0 Å². The second kappa shape index (κ2) is 17.4. The summed E-state index contributed by atoms with van der Waals surface area (Å²) in [5.41, 5.74) is 18.7. The van der Waals surface area contributed by atoms with Gasteiger partial charge in [-0.25, -0.2) is 0 Å². The molecule has 0 amide bonds. The Labute approximate surface area is 367 Å². The van der Waals surface area contributed by atoms with Crippen LogP contribution in [0.4, 0.5) is 0 Å². The molecule has 4 aromatic rings. The van der Waals surface area contributed by atoms with Crippen molar-refractivity contribution in [3.63, 3.8) is 0 Å². The number of halogens is 2. The van der Waals surface area contributed by atoms with Gasteiger partial charge in [-0.2, -0.15) is 0 Å². The molecule has 4 aliphatic rings. The fourth-order valence-corrected chi connectivity index (χ4v) is 31.7. The molecule has 4 aliphatic carbocycles. The minimum absolute atomic E-state index is 0. The van der Waals surface area contributed by atoms with E-state index in [1.165, 1.54) is 122 Å². The van der Waals surface area contributed by atoms with Crippen molar-refractivity contribution in [2.24, 2.45) is 11.8 Å². The molecule has 0 saturated heterocycles. The smallest absolute Gasteiger partial charge is 0.147 e. The quantitative estimate of drug-likeness (QED) is 0.155. The molecule has 4 heteroatoms. The van der Waals surface area contributed by atoms with E-state index in [0.717, 1.165) is 11.8 Å². The van der Waals surface area contributed by atoms with Crippen LogP contribution in [0.3, 0.4) is 0 Å². The second-order valence-corrected chi connectivity index (χ2v) is 52.4. The third kappa shape index (κ3) is 8.99. The zero-order valence-electron chi connectivity index (χ0n) is 37.1. The van der Waals surface area contributed by atoms with Crippen LogP contribution in [0.25, 0.3) is 34.4 Å². The number of hydrogen-bond donors (Lipinski definition) is 0. The molecule has 4 aromatic carbocycles. The Morgan fingerprint density at radius 1 is 0.500 bits per heavy atom. The van der Waals surface area contributed by atoms with Crippen LogP contribution in [0, 0.1) is 11.8 Å². The largest absolute Gasteiger partial charge is 0.147 e. The molecule has 2 atom stereocenters. The first-order valence-electron chi connectivity index (χ1n) is 22.5. The van der Waals surface area contributed by atoms with Crippen molar-refractivity contribution in [2.45, 2.75) is 146 Å². The molecule has 0 radical (unpaired) electrons. The van der Waals surface area contributed by atoms with E-state index in [2.05, 4.69) is 155 Å². The van der Waals surface area contributed by atoms with Gasteiger partial charge in [0.1, 0.15) is 0 Å². The minimum Gasteiger partial charge on any atom is -0.147 e. The molecule has 0 spiro atoms. The Morgan fingerprint density at radius 2 is 0.845 bits per heavy atom. The number of fused-ring (bicyclic) bond motifs is 2. The van der Waals surface area contributed by atoms with E-state index in [4.69, 9.17) is 0 Å². The molecule has 0 N–H and O–H groups in total. The molecule has 0 aliphatic heterocycles. The van der Waals surface area contributed by atoms with Crippen LogP contribution in [0.2, 0.25) is 9.26 Å². The summed E-state index contributed by atoms with van der Waals surface area (Å²) in [7, 11) is 0. The molecule has 8 rings (SSSR count). The van der Waals surface area contributed by atoms with Crippen molar-refractivity contribution >= 4 is 43.8 Å². The molecule has 2 saturated carbocycles. The Bertz CT molecular complexity index is 2060. The van der Waals surface area contributed by atoms with E-state index in [0.29, 0.717) is 7.25 Å². The van der Waals surface area contributed by atoms with Crippen LogP contribution < -0.4 is 0 Å². The average Bonchev–Trinajstić information content (AvgIpc) is 3.74. The molecule has 0 aromatic heterocycles. The van der Waals surface area contributed by atoms with Gasteiger partial charge in [0.2, 0.25) is 0 Å². The summed E-state index contributed by atoms with van der Waals surface area (Å²) >= 11 is -3.85. The normalized spacial score (nSPS) is 20.4. The van der Waals surface area contributed by atoms with Gasteiger partial charge in [0.05, 0.1) is 0 Å². The van der Waals surface area contributed by atoms with Gasteiger partial charge in [-0.3, -0.25) is 0 Å². The van der Waals surface area contributed by atoms with Crippen molar-refractivity contribution in [3.8, 4) is 22.3 Å². The van der Waals surface area contributed by atoms with Gasteiger partial charge in [0.15, 0.2) is 0 Å². The van der Waals surface area contributed by atoms with Gasteiger partial charge in [-0.15, -0.1) is 24.8 Å². The van der Waals surface area contributed by atoms with Gasteiger partial charge in [0, 0.05) is 0 Å². The summed E-state index contributed by atoms with van der Waals surface area (Å²) in [6.45, 7) is 16.5. The van der Waals surface area contributed by atoms with E-state index >= 15 is 0 Å². The van der Waals surface area contributed by atoms with E-state index in [9.17, 15) is 0 Å². The van der Waals surface area contributed by atoms with E-state index < -0.39 is 17.4 Å². The standard InChI is InChI=1S/2C26H31.2CH3.2ClH.H2Si.Zr/c2*1-26(2,3)23-14-12-21(13-15-23)24-11-7-10-22-17-20(18-25(22)24)16-19-8-5-4-6-9-19;;;;;;/h2*7,10-15,17-19H,4-6,8-9,16H2,1-3H3;2*1H3;2*1H;1H2;. The topological polar surface area (TPSA) is 0 Å². The Hall–Kier alpha value is -1.96. The predicted molar refractivity (Wildman–Crippen MR) is 260 cm³/mol. The molecule has 0 heterocycles. The maximum absolute atomic E-state index is 3.85. The summed E-state index contributed by atoms with van der Waals surface area (Å²) in [6.07, 6.45) is 22.2. The van der Waals surface area contributed by atoms with Crippen LogP contribution in [0.1, 0.15) is 159 Å². The molecule has 0 nitrogen and oxygen atoms in total. The molecule has 310 valence electrons.